The number of rotatable bonds is 2. The van der Waals surface area contributed by atoms with Crippen LogP contribution in [0.5, 0.6) is 0 Å². The van der Waals surface area contributed by atoms with Crippen LogP contribution in [0.3, 0.4) is 0 Å². The first kappa shape index (κ1) is 11.3. The van der Waals surface area contributed by atoms with Crippen LogP contribution in [0.4, 0.5) is 0 Å². The molecule has 2 N–H and O–H groups in total. The van der Waals surface area contributed by atoms with Crippen LogP contribution >= 0.6 is 15.9 Å². The van der Waals surface area contributed by atoms with Crippen LogP contribution in [0.2, 0.25) is 0 Å². The predicted molar refractivity (Wildman–Crippen MR) is 64.8 cm³/mol. The van der Waals surface area contributed by atoms with Gasteiger partial charge in [-0.05, 0) is 37.6 Å². The van der Waals surface area contributed by atoms with Crippen LogP contribution < -0.4 is 5.73 Å². The molecule has 0 aliphatic carbocycles. The molecule has 0 unspecified atom stereocenters. The summed E-state index contributed by atoms with van der Waals surface area (Å²) in [7, 11) is 0. The highest BCUT2D eigenvalue weighted by Gasteiger charge is 2.13. The van der Waals surface area contributed by atoms with Crippen molar-refractivity contribution in [3.63, 3.8) is 0 Å². The Morgan fingerprint density at radius 2 is 2.19 bits per heavy atom. The Bertz CT molecular complexity index is 508. The fourth-order valence-corrected chi connectivity index (χ4v) is 1.88. The van der Waals surface area contributed by atoms with Crippen molar-refractivity contribution in [1.82, 2.24) is 10.1 Å². The molecule has 1 aromatic carbocycles. The van der Waals surface area contributed by atoms with E-state index in [-0.39, 0.29) is 6.04 Å². The van der Waals surface area contributed by atoms with Gasteiger partial charge >= 0.3 is 0 Å². The largest absolute Gasteiger partial charge is 0.337 e. The Balaban J connectivity index is 2.42. The Morgan fingerprint density at radius 3 is 2.75 bits per heavy atom. The minimum absolute atomic E-state index is 0.239. The van der Waals surface area contributed by atoms with Crippen molar-refractivity contribution in [3.8, 4) is 11.4 Å². The number of halogens is 1. The predicted octanol–water partition coefficient (Wildman–Crippen LogP) is 2.83. The lowest BCUT2D eigenvalue weighted by Crippen LogP contribution is -2.04. The van der Waals surface area contributed by atoms with E-state index in [0.717, 1.165) is 15.6 Å². The summed E-state index contributed by atoms with van der Waals surface area (Å²) >= 11 is 3.41. The van der Waals surface area contributed by atoms with Gasteiger partial charge in [-0.2, -0.15) is 4.98 Å². The van der Waals surface area contributed by atoms with Gasteiger partial charge in [-0.15, -0.1) is 0 Å². The van der Waals surface area contributed by atoms with Gasteiger partial charge in [0.05, 0.1) is 6.04 Å². The third-order valence-corrected chi connectivity index (χ3v) is 2.75. The summed E-state index contributed by atoms with van der Waals surface area (Å²) in [5.74, 6) is 1.04. The number of nitrogens with two attached hydrogens (primary N) is 1. The topological polar surface area (TPSA) is 64.9 Å². The standard InChI is InChI=1S/C11H12BrN3O/c1-6-5-8(12)3-4-9(6)10-14-11(7(2)13)16-15-10/h3-5,7H,13H2,1-2H3/t7-/m0/s1. The lowest BCUT2D eigenvalue weighted by atomic mass is 10.1. The van der Waals surface area contributed by atoms with Crippen LogP contribution in [-0.4, -0.2) is 10.1 Å². The van der Waals surface area contributed by atoms with Crippen molar-refractivity contribution >= 4 is 15.9 Å². The van der Waals surface area contributed by atoms with E-state index in [2.05, 4.69) is 26.1 Å². The molecule has 0 saturated carbocycles. The van der Waals surface area contributed by atoms with Gasteiger partial charge in [0.1, 0.15) is 0 Å². The van der Waals surface area contributed by atoms with E-state index < -0.39 is 0 Å². The average Bonchev–Trinajstić information content (AvgIpc) is 2.66. The molecule has 1 heterocycles. The summed E-state index contributed by atoms with van der Waals surface area (Å²) in [6, 6.07) is 5.67. The fraction of sp³-hybridized carbons (Fsp3) is 0.273. The number of aromatic nitrogens is 2. The fourth-order valence-electron chi connectivity index (χ4n) is 1.41. The molecule has 0 aliphatic heterocycles. The second kappa shape index (κ2) is 4.35. The van der Waals surface area contributed by atoms with Crippen LogP contribution in [0.25, 0.3) is 11.4 Å². The van der Waals surface area contributed by atoms with Gasteiger partial charge in [-0.3, -0.25) is 0 Å². The van der Waals surface area contributed by atoms with Gasteiger partial charge < -0.3 is 10.3 Å². The molecular weight excluding hydrogens is 270 g/mol. The van der Waals surface area contributed by atoms with Crippen LogP contribution in [-0.2, 0) is 0 Å². The molecule has 0 radical (unpaired) electrons. The molecular formula is C11H12BrN3O. The summed E-state index contributed by atoms with van der Waals surface area (Å²) in [6.45, 7) is 3.81. The number of benzene rings is 1. The second-order valence-electron chi connectivity index (χ2n) is 3.70. The maximum atomic E-state index is 5.66. The summed E-state index contributed by atoms with van der Waals surface area (Å²) in [5, 5.41) is 3.92. The van der Waals surface area contributed by atoms with Crippen LogP contribution in [0, 0.1) is 6.92 Å². The van der Waals surface area contributed by atoms with E-state index in [0.29, 0.717) is 11.7 Å². The molecule has 0 aliphatic rings. The van der Waals surface area contributed by atoms with Gasteiger partial charge in [0.25, 0.3) is 0 Å². The molecule has 0 spiro atoms. The zero-order valence-corrected chi connectivity index (χ0v) is 10.7. The molecule has 5 heteroatoms. The number of aryl methyl sites for hydroxylation is 1. The molecule has 2 rings (SSSR count). The molecule has 1 atom stereocenters. The normalized spacial score (nSPS) is 12.8. The first-order chi connectivity index (χ1) is 7.58. The van der Waals surface area contributed by atoms with Crippen molar-refractivity contribution in [2.75, 3.05) is 0 Å². The Labute approximate surface area is 102 Å². The third kappa shape index (κ3) is 2.15. The molecule has 0 fully saturated rings. The highest BCUT2D eigenvalue weighted by molar-refractivity contribution is 9.10. The maximum Gasteiger partial charge on any atom is 0.243 e. The van der Waals surface area contributed by atoms with E-state index in [1.54, 1.807) is 0 Å². The highest BCUT2D eigenvalue weighted by atomic mass is 79.9. The smallest absolute Gasteiger partial charge is 0.243 e. The van der Waals surface area contributed by atoms with Crippen molar-refractivity contribution in [2.45, 2.75) is 19.9 Å². The van der Waals surface area contributed by atoms with Gasteiger partial charge in [0, 0.05) is 10.0 Å². The summed E-state index contributed by atoms with van der Waals surface area (Å²) in [5.41, 5.74) is 7.71. The molecule has 2 aromatic rings. The minimum Gasteiger partial charge on any atom is -0.337 e. The van der Waals surface area contributed by atoms with Crippen LogP contribution in [0.15, 0.2) is 27.2 Å². The quantitative estimate of drug-likeness (QED) is 0.919. The van der Waals surface area contributed by atoms with Crippen molar-refractivity contribution < 1.29 is 4.52 Å². The van der Waals surface area contributed by atoms with Crippen molar-refractivity contribution in [3.05, 3.63) is 34.1 Å². The summed E-state index contributed by atoms with van der Waals surface area (Å²) in [4.78, 5) is 4.25. The molecule has 0 amide bonds. The molecule has 0 bridgehead atoms. The van der Waals surface area contributed by atoms with E-state index >= 15 is 0 Å². The maximum absolute atomic E-state index is 5.66. The van der Waals surface area contributed by atoms with E-state index in [1.165, 1.54) is 0 Å². The second-order valence-corrected chi connectivity index (χ2v) is 4.62. The number of nitrogens with zero attached hydrogens (tertiary/aromatic N) is 2. The molecule has 84 valence electrons. The van der Waals surface area contributed by atoms with Gasteiger partial charge in [0.2, 0.25) is 11.7 Å². The SMILES string of the molecule is Cc1cc(Br)ccc1-c1noc([C@H](C)N)n1. The van der Waals surface area contributed by atoms with Crippen molar-refractivity contribution in [1.29, 1.82) is 0 Å². The van der Waals surface area contributed by atoms with E-state index in [4.69, 9.17) is 10.3 Å². The minimum atomic E-state index is -0.239. The van der Waals surface area contributed by atoms with Gasteiger partial charge in [-0.25, -0.2) is 0 Å². The third-order valence-electron chi connectivity index (χ3n) is 2.26. The van der Waals surface area contributed by atoms with E-state index in [9.17, 15) is 0 Å². The molecule has 0 saturated heterocycles. The molecule has 4 nitrogen and oxygen atoms in total. The Kier molecular flexibility index (Phi) is 3.07. The molecule has 1 aromatic heterocycles. The monoisotopic (exact) mass is 281 g/mol. The molecule has 16 heavy (non-hydrogen) atoms. The first-order valence-corrected chi connectivity index (χ1v) is 5.73. The number of hydrogen-bond acceptors (Lipinski definition) is 4. The lowest BCUT2D eigenvalue weighted by Gasteiger charge is -2.00. The highest BCUT2D eigenvalue weighted by Crippen LogP contribution is 2.24. The Hall–Kier alpha value is -1.20. The van der Waals surface area contributed by atoms with Crippen molar-refractivity contribution in [2.24, 2.45) is 5.73 Å². The summed E-state index contributed by atoms with van der Waals surface area (Å²) < 4.78 is 6.10. The zero-order chi connectivity index (χ0) is 11.7. The van der Waals surface area contributed by atoms with E-state index in [1.807, 2.05) is 32.0 Å². The Morgan fingerprint density at radius 1 is 1.44 bits per heavy atom. The summed E-state index contributed by atoms with van der Waals surface area (Å²) in [6.07, 6.45) is 0. The first-order valence-electron chi connectivity index (χ1n) is 4.93. The number of hydrogen-bond donors (Lipinski definition) is 1. The van der Waals surface area contributed by atoms with Crippen LogP contribution in [0.1, 0.15) is 24.4 Å². The lowest BCUT2D eigenvalue weighted by molar-refractivity contribution is 0.362. The zero-order valence-electron chi connectivity index (χ0n) is 9.07. The average molecular weight is 282 g/mol. The van der Waals surface area contributed by atoms with Gasteiger partial charge in [0.15, 0.2) is 0 Å². The van der Waals surface area contributed by atoms with Gasteiger partial charge in [-0.1, -0.05) is 21.1 Å².